The van der Waals surface area contributed by atoms with Gasteiger partial charge in [0.05, 0.1) is 6.61 Å². The van der Waals surface area contributed by atoms with Crippen LogP contribution in [0.3, 0.4) is 0 Å². The second-order valence-electron chi connectivity index (χ2n) is 12.2. The maximum atomic E-state index is 12.2. The number of carbonyl (C=O) groups is 2. The molecule has 0 heterocycles. The number of unbranched alkanes of at least 4 members (excludes halogenated alkanes) is 11. The number of ether oxygens (including phenoxy) is 2. The third kappa shape index (κ3) is 35.9. The fourth-order valence-electron chi connectivity index (χ4n) is 4.85. The Hall–Kier alpha value is -2.92. The number of allylic oxidation sites excluding steroid dienone is 14. The molecule has 0 saturated heterocycles. The fourth-order valence-corrected chi connectivity index (χ4v) is 4.85. The van der Waals surface area contributed by atoms with Crippen molar-refractivity contribution in [1.29, 1.82) is 0 Å². The lowest BCUT2D eigenvalue weighted by Crippen LogP contribution is -2.28. The van der Waals surface area contributed by atoms with Crippen LogP contribution in [-0.4, -0.2) is 36.4 Å². The molecule has 48 heavy (non-hydrogen) atoms. The summed E-state index contributed by atoms with van der Waals surface area (Å²) in [7, 11) is 0. The normalized spacial score (nSPS) is 13.1. The lowest BCUT2D eigenvalue weighted by atomic mass is 10.1. The number of aliphatic hydroxyl groups excluding tert-OH is 1. The van der Waals surface area contributed by atoms with E-state index in [1.165, 1.54) is 25.7 Å². The molecule has 5 nitrogen and oxygen atoms in total. The molecule has 0 aliphatic heterocycles. The molecule has 0 saturated carbocycles. The standard InChI is InChI=1S/C43H70O5/c1-3-5-7-9-11-13-15-17-19-20-21-22-24-26-28-30-32-34-36-38-43(46)48-41(39-44)40-47-42(45)37-35-33-31-29-27-25-23-18-16-14-12-10-8-6-4-2/h5-8,11-14,17-19,21-23,41,44H,3-4,9-10,15-16,20,24-40H2,1-2H3/b7-5-,8-6-,13-11-,14-12-,19-17-,22-21-,23-18-. The van der Waals surface area contributed by atoms with Crippen molar-refractivity contribution < 1.29 is 24.2 Å². The summed E-state index contributed by atoms with van der Waals surface area (Å²) in [6.45, 7) is 3.87. The lowest BCUT2D eigenvalue weighted by molar-refractivity contribution is -0.161. The maximum Gasteiger partial charge on any atom is 0.306 e. The summed E-state index contributed by atoms with van der Waals surface area (Å²) < 4.78 is 10.6. The second-order valence-corrected chi connectivity index (χ2v) is 12.2. The van der Waals surface area contributed by atoms with E-state index in [-0.39, 0.29) is 25.2 Å². The van der Waals surface area contributed by atoms with Crippen LogP contribution in [0.1, 0.15) is 155 Å². The predicted molar refractivity (Wildman–Crippen MR) is 205 cm³/mol. The van der Waals surface area contributed by atoms with E-state index < -0.39 is 6.10 Å². The molecule has 0 aliphatic rings. The first kappa shape index (κ1) is 45.1. The first-order valence-electron chi connectivity index (χ1n) is 19.1. The Bertz CT molecular complexity index is 937. The first-order valence-corrected chi connectivity index (χ1v) is 19.1. The van der Waals surface area contributed by atoms with Crippen molar-refractivity contribution in [2.45, 2.75) is 161 Å². The Balaban J connectivity index is 3.65. The van der Waals surface area contributed by atoms with Crippen molar-refractivity contribution in [3.05, 3.63) is 85.1 Å². The van der Waals surface area contributed by atoms with Gasteiger partial charge in [-0.2, -0.15) is 0 Å². The molecule has 1 unspecified atom stereocenters. The van der Waals surface area contributed by atoms with Crippen LogP contribution < -0.4 is 0 Å². The van der Waals surface area contributed by atoms with Crippen LogP contribution in [0.25, 0.3) is 0 Å². The molecule has 272 valence electrons. The number of rotatable bonds is 33. The third-order valence-electron chi connectivity index (χ3n) is 7.68. The Morgan fingerprint density at radius 2 is 0.833 bits per heavy atom. The van der Waals surface area contributed by atoms with E-state index in [1.54, 1.807) is 0 Å². The van der Waals surface area contributed by atoms with Crippen molar-refractivity contribution >= 4 is 11.9 Å². The molecule has 1 atom stereocenters. The highest BCUT2D eigenvalue weighted by molar-refractivity contribution is 5.70. The van der Waals surface area contributed by atoms with Crippen LogP contribution in [0, 0.1) is 0 Å². The van der Waals surface area contributed by atoms with Gasteiger partial charge in [0.25, 0.3) is 0 Å². The predicted octanol–water partition coefficient (Wildman–Crippen LogP) is 11.9. The van der Waals surface area contributed by atoms with Crippen molar-refractivity contribution in [1.82, 2.24) is 0 Å². The van der Waals surface area contributed by atoms with Gasteiger partial charge in [0.2, 0.25) is 0 Å². The molecule has 0 spiro atoms. The summed E-state index contributed by atoms with van der Waals surface area (Å²) in [6.07, 6.45) is 52.1. The zero-order chi connectivity index (χ0) is 35.0. The number of aliphatic hydroxyl groups is 1. The van der Waals surface area contributed by atoms with Crippen LogP contribution in [-0.2, 0) is 19.1 Å². The van der Waals surface area contributed by atoms with E-state index in [0.717, 1.165) is 103 Å². The average molecular weight is 667 g/mol. The summed E-state index contributed by atoms with van der Waals surface area (Å²) in [5.74, 6) is -0.636. The highest BCUT2D eigenvalue weighted by atomic mass is 16.6. The molecule has 0 amide bonds. The van der Waals surface area contributed by atoms with E-state index in [4.69, 9.17) is 9.47 Å². The molecule has 0 aromatic rings. The number of esters is 2. The zero-order valence-corrected chi connectivity index (χ0v) is 30.7. The van der Waals surface area contributed by atoms with Gasteiger partial charge in [-0.15, -0.1) is 0 Å². The number of hydrogen-bond donors (Lipinski definition) is 1. The molecule has 5 heteroatoms. The fraction of sp³-hybridized carbons (Fsp3) is 0.628. The van der Waals surface area contributed by atoms with Crippen molar-refractivity contribution in [2.75, 3.05) is 13.2 Å². The second kappa shape index (κ2) is 38.5. The van der Waals surface area contributed by atoms with Crippen LogP contribution in [0.15, 0.2) is 85.1 Å². The Morgan fingerprint density at radius 1 is 0.479 bits per heavy atom. The molecular formula is C43H70O5. The smallest absolute Gasteiger partial charge is 0.306 e. The average Bonchev–Trinajstić information content (AvgIpc) is 3.09. The number of carbonyl (C=O) groups excluding carboxylic acids is 2. The summed E-state index contributed by atoms with van der Waals surface area (Å²) in [5.41, 5.74) is 0. The van der Waals surface area contributed by atoms with Crippen molar-refractivity contribution in [2.24, 2.45) is 0 Å². The maximum absolute atomic E-state index is 12.2. The minimum Gasteiger partial charge on any atom is -0.462 e. The Kier molecular flexibility index (Phi) is 36.2. The molecule has 0 aromatic carbocycles. The SMILES string of the molecule is CC/C=C\C/C=C\C/C=C\C/C=C\CCCCCCCCC(=O)OC(CO)COC(=O)CCCCCCC/C=C\C/C=C\C/C=C\CC. The van der Waals surface area contributed by atoms with Gasteiger partial charge in [-0.1, -0.05) is 144 Å². The monoisotopic (exact) mass is 667 g/mol. The highest BCUT2D eigenvalue weighted by Crippen LogP contribution is 2.11. The number of hydrogen-bond acceptors (Lipinski definition) is 5. The van der Waals surface area contributed by atoms with Gasteiger partial charge >= 0.3 is 11.9 Å². The summed E-state index contributed by atoms with van der Waals surface area (Å²) in [6, 6.07) is 0. The van der Waals surface area contributed by atoms with E-state index in [0.29, 0.717) is 12.8 Å². The minimum absolute atomic E-state index is 0.0860. The van der Waals surface area contributed by atoms with Gasteiger partial charge in [-0.25, -0.2) is 0 Å². The van der Waals surface area contributed by atoms with Gasteiger partial charge in [0.1, 0.15) is 6.61 Å². The summed E-state index contributed by atoms with van der Waals surface area (Å²) >= 11 is 0. The molecule has 0 radical (unpaired) electrons. The van der Waals surface area contributed by atoms with Gasteiger partial charge in [0.15, 0.2) is 6.10 Å². The van der Waals surface area contributed by atoms with Crippen LogP contribution in [0.2, 0.25) is 0 Å². The topological polar surface area (TPSA) is 72.8 Å². The Labute approximate surface area is 295 Å². The van der Waals surface area contributed by atoms with Gasteiger partial charge in [-0.05, 0) is 83.5 Å². The van der Waals surface area contributed by atoms with Crippen LogP contribution >= 0.6 is 0 Å². The minimum atomic E-state index is -0.791. The highest BCUT2D eigenvalue weighted by Gasteiger charge is 2.16. The molecule has 0 aliphatic carbocycles. The largest absolute Gasteiger partial charge is 0.462 e. The van der Waals surface area contributed by atoms with Crippen LogP contribution in [0.5, 0.6) is 0 Å². The summed E-state index contributed by atoms with van der Waals surface area (Å²) in [5, 5.41) is 9.55. The molecule has 0 rings (SSSR count). The van der Waals surface area contributed by atoms with Crippen molar-refractivity contribution in [3.63, 3.8) is 0 Å². The van der Waals surface area contributed by atoms with Gasteiger partial charge in [-0.3, -0.25) is 9.59 Å². The van der Waals surface area contributed by atoms with E-state index >= 15 is 0 Å². The van der Waals surface area contributed by atoms with Crippen molar-refractivity contribution in [3.8, 4) is 0 Å². The van der Waals surface area contributed by atoms with E-state index in [1.807, 2.05) is 0 Å². The van der Waals surface area contributed by atoms with Gasteiger partial charge < -0.3 is 14.6 Å². The quantitative estimate of drug-likeness (QED) is 0.0429. The molecular weight excluding hydrogens is 596 g/mol. The van der Waals surface area contributed by atoms with Gasteiger partial charge in [0, 0.05) is 12.8 Å². The first-order chi connectivity index (χ1) is 23.6. The molecule has 0 bridgehead atoms. The lowest BCUT2D eigenvalue weighted by Gasteiger charge is -2.15. The summed E-state index contributed by atoms with van der Waals surface area (Å²) in [4.78, 5) is 24.2. The van der Waals surface area contributed by atoms with E-state index in [2.05, 4.69) is 98.9 Å². The zero-order valence-electron chi connectivity index (χ0n) is 30.7. The van der Waals surface area contributed by atoms with Crippen LogP contribution in [0.4, 0.5) is 0 Å². The van der Waals surface area contributed by atoms with E-state index in [9.17, 15) is 14.7 Å². The molecule has 0 aromatic heterocycles. The molecule has 1 N–H and O–H groups in total. The molecule has 0 fully saturated rings. The Morgan fingerprint density at radius 3 is 1.25 bits per heavy atom. The third-order valence-corrected chi connectivity index (χ3v) is 7.68.